The van der Waals surface area contributed by atoms with E-state index < -0.39 is 0 Å². The van der Waals surface area contributed by atoms with Gasteiger partial charge in [-0.05, 0) is 13.8 Å². The molecular formula is C10H21N7O. The minimum absolute atomic E-state index is 0.0343. The van der Waals surface area contributed by atoms with Crippen LogP contribution >= 0.6 is 0 Å². The first kappa shape index (κ1) is 14.4. The van der Waals surface area contributed by atoms with Gasteiger partial charge in [-0.3, -0.25) is 5.43 Å². The second-order valence-electron chi connectivity index (χ2n) is 4.31. The molecule has 0 unspecified atom stereocenters. The van der Waals surface area contributed by atoms with Gasteiger partial charge in [0.15, 0.2) is 0 Å². The standard InChI is InChI=1S/C10H21N7O/c1-7(2)17(5-6-18)10-13-8(15-11)12-9(14-10)16(3)4/h7,18H,5-6,11H2,1-4H3,(H,12,13,14,15). The molecule has 0 aliphatic heterocycles. The van der Waals surface area contributed by atoms with Gasteiger partial charge >= 0.3 is 0 Å². The highest BCUT2D eigenvalue weighted by Gasteiger charge is 2.16. The summed E-state index contributed by atoms with van der Waals surface area (Å²) in [7, 11) is 3.68. The van der Waals surface area contributed by atoms with Gasteiger partial charge in [0.25, 0.3) is 0 Å². The van der Waals surface area contributed by atoms with Gasteiger partial charge < -0.3 is 14.9 Å². The van der Waals surface area contributed by atoms with Crippen molar-refractivity contribution in [1.29, 1.82) is 0 Å². The molecule has 0 aliphatic carbocycles. The number of nitrogens with zero attached hydrogens (tertiary/aromatic N) is 5. The molecule has 0 atom stereocenters. The first-order valence-corrected chi connectivity index (χ1v) is 5.77. The molecule has 1 aromatic rings. The van der Waals surface area contributed by atoms with E-state index in [1.54, 1.807) is 4.90 Å². The fourth-order valence-electron chi connectivity index (χ4n) is 1.44. The number of rotatable bonds is 6. The summed E-state index contributed by atoms with van der Waals surface area (Å²) in [5.41, 5.74) is 2.42. The molecule has 0 fully saturated rings. The van der Waals surface area contributed by atoms with Crippen LogP contribution in [0.1, 0.15) is 13.8 Å². The smallest absolute Gasteiger partial charge is 0.243 e. The summed E-state index contributed by atoms with van der Waals surface area (Å²) >= 11 is 0. The number of anilines is 3. The average Bonchev–Trinajstić information content (AvgIpc) is 2.34. The number of hydrazine groups is 1. The number of hydrogen-bond donors (Lipinski definition) is 3. The van der Waals surface area contributed by atoms with Crippen LogP contribution in [0.5, 0.6) is 0 Å². The van der Waals surface area contributed by atoms with Crippen LogP contribution in [0.15, 0.2) is 0 Å². The highest BCUT2D eigenvalue weighted by molar-refractivity contribution is 5.44. The third-order valence-electron chi connectivity index (χ3n) is 2.36. The molecule has 1 rings (SSSR count). The van der Waals surface area contributed by atoms with Crippen molar-refractivity contribution in [2.45, 2.75) is 19.9 Å². The number of hydrogen-bond acceptors (Lipinski definition) is 8. The van der Waals surface area contributed by atoms with E-state index in [1.165, 1.54) is 0 Å². The lowest BCUT2D eigenvalue weighted by Crippen LogP contribution is -2.35. The molecule has 18 heavy (non-hydrogen) atoms. The molecule has 0 saturated carbocycles. The molecule has 0 saturated heterocycles. The third kappa shape index (κ3) is 3.41. The predicted molar refractivity (Wildman–Crippen MR) is 71.5 cm³/mol. The van der Waals surface area contributed by atoms with Gasteiger partial charge in [0.05, 0.1) is 6.61 Å². The Hall–Kier alpha value is -1.67. The van der Waals surface area contributed by atoms with Gasteiger partial charge in [-0.2, -0.15) is 15.0 Å². The van der Waals surface area contributed by atoms with E-state index in [9.17, 15) is 0 Å². The summed E-state index contributed by atoms with van der Waals surface area (Å²) in [4.78, 5) is 16.3. The molecule has 0 spiro atoms. The molecule has 8 heteroatoms. The maximum absolute atomic E-state index is 9.09. The van der Waals surface area contributed by atoms with Gasteiger partial charge in [0, 0.05) is 26.7 Å². The normalized spacial score (nSPS) is 10.6. The quantitative estimate of drug-likeness (QED) is 0.458. The lowest BCUT2D eigenvalue weighted by Gasteiger charge is -2.26. The fraction of sp³-hybridized carbons (Fsp3) is 0.700. The zero-order chi connectivity index (χ0) is 13.7. The summed E-state index contributed by atoms with van der Waals surface area (Å²) in [6, 6.07) is 0.167. The van der Waals surface area contributed by atoms with Crippen LogP contribution in [0.4, 0.5) is 17.8 Å². The summed E-state index contributed by atoms with van der Waals surface area (Å²) in [5, 5.41) is 9.09. The minimum Gasteiger partial charge on any atom is -0.395 e. The Morgan fingerprint density at radius 3 is 2.28 bits per heavy atom. The SMILES string of the molecule is CC(C)N(CCO)c1nc(NN)nc(N(C)C)n1. The highest BCUT2D eigenvalue weighted by Crippen LogP contribution is 2.16. The number of aliphatic hydroxyl groups is 1. The largest absolute Gasteiger partial charge is 0.395 e. The summed E-state index contributed by atoms with van der Waals surface area (Å²) in [5.74, 6) is 6.65. The average molecular weight is 255 g/mol. The van der Waals surface area contributed by atoms with Crippen molar-refractivity contribution in [2.75, 3.05) is 42.5 Å². The van der Waals surface area contributed by atoms with E-state index >= 15 is 0 Å². The van der Waals surface area contributed by atoms with Gasteiger partial charge in [0.1, 0.15) is 0 Å². The van der Waals surface area contributed by atoms with E-state index in [2.05, 4.69) is 20.4 Å². The van der Waals surface area contributed by atoms with Crippen LogP contribution in [0.2, 0.25) is 0 Å². The monoisotopic (exact) mass is 255 g/mol. The molecule has 1 aromatic heterocycles. The van der Waals surface area contributed by atoms with E-state index in [0.29, 0.717) is 24.4 Å². The lowest BCUT2D eigenvalue weighted by molar-refractivity contribution is 0.298. The van der Waals surface area contributed by atoms with Crippen LogP contribution < -0.4 is 21.1 Å². The van der Waals surface area contributed by atoms with E-state index in [0.717, 1.165) is 0 Å². The molecule has 1 heterocycles. The zero-order valence-corrected chi connectivity index (χ0v) is 11.3. The summed E-state index contributed by atoms with van der Waals surface area (Å²) in [6.07, 6.45) is 0. The summed E-state index contributed by atoms with van der Waals surface area (Å²) in [6.45, 7) is 4.50. The van der Waals surface area contributed by atoms with Crippen molar-refractivity contribution in [1.82, 2.24) is 15.0 Å². The fourth-order valence-corrected chi connectivity index (χ4v) is 1.44. The Kier molecular flexibility index (Phi) is 5.05. The molecule has 0 aliphatic rings. The van der Waals surface area contributed by atoms with Crippen molar-refractivity contribution < 1.29 is 5.11 Å². The van der Waals surface area contributed by atoms with Crippen LogP contribution in [-0.2, 0) is 0 Å². The number of aliphatic hydroxyl groups excluding tert-OH is 1. The van der Waals surface area contributed by atoms with Gasteiger partial charge in [-0.25, -0.2) is 5.84 Å². The number of nitrogens with one attached hydrogen (secondary N) is 1. The second-order valence-corrected chi connectivity index (χ2v) is 4.31. The first-order chi connectivity index (χ1) is 8.49. The lowest BCUT2D eigenvalue weighted by atomic mass is 10.3. The van der Waals surface area contributed by atoms with Crippen molar-refractivity contribution in [3.05, 3.63) is 0 Å². The van der Waals surface area contributed by atoms with Crippen molar-refractivity contribution in [3.63, 3.8) is 0 Å². The van der Waals surface area contributed by atoms with Gasteiger partial charge in [-0.15, -0.1) is 0 Å². The van der Waals surface area contributed by atoms with E-state index in [4.69, 9.17) is 10.9 Å². The Bertz CT molecular complexity index is 382. The molecule has 0 bridgehead atoms. The molecule has 4 N–H and O–H groups in total. The van der Waals surface area contributed by atoms with Crippen molar-refractivity contribution in [2.24, 2.45) is 5.84 Å². The summed E-state index contributed by atoms with van der Waals surface area (Å²) < 4.78 is 0. The minimum atomic E-state index is 0.0343. The Morgan fingerprint density at radius 2 is 1.83 bits per heavy atom. The Morgan fingerprint density at radius 1 is 1.22 bits per heavy atom. The molecule has 0 aromatic carbocycles. The second kappa shape index (κ2) is 6.31. The maximum atomic E-state index is 9.09. The number of aromatic nitrogens is 3. The van der Waals surface area contributed by atoms with E-state index in [1.807, 2.05) is 32.8 Å². The third-order valence-corrected chi connectivity index (χ3v) is 2.36. The van der Waals surface area contributed by atoms with E-state index in [-0.39, 0.29) is 12.6 Å². The number of nitrogens with two attached hydrogens (primary N) is 1. The molecule has 0 amide bonds. The van der Waals surface area contributed by atoms with Gasteiger partial charge in [0.2, 0.25) is 17.8 Å². The van der Waals surface area contributed by atoms with Crippen molar-refractivity contribution in [3.8, 4) is 0 Å². The van der Waals surface area contributed by atoms with Crippen LogP contribution in [-0.4, -0.2) is 53.3 Å². The maximum Gasteiger partial charge on any atom is 0.243 e. The zero-order valence-electron chi connectivity index (χ0n) is 11.3. The molecule has 0 radical (unpaired) electrons. The predicted octanol–water partition coefficient (Wildman–Crippen LogP) is -0.570. The first-order valence-electron chi connectivity index (χ1n) is 5.77. The van der Waals surface area contributed by atoms with Crippen LogP contribution in [0, 0.1) is 0 Å². The Labute approximate surface area is 107 Å². The number of nitrogen functional groups attached to an aromatic ring is 1. The van der Waals surface area contributed by atoms with Crippen molar-refractivity contribution >= 4 is 17.8 Å². The molecule has 8 nitrogen and oxygen atoms in total. The van der Waals surface area contributed by atoms with Crippen LogP contribution in [0.25, 0.3) is 0 Å². The topological polar surface area (TPSA) is 103 Å². The highest BCUT2D eigenvalue weighted by atomic mass is 16.3. The van der Waals surface area contributed by atoms with Gasteiger partial charge in [-0.1, -0.05) is 0 Å². The molecule has 102 valence electrons. The van der Waals surface area contributed by atoms with Crippen LogP contribution in [0.3, 0.4) is 0 Å². The Balaban J connectivity index is 3.15. The molecular weight excluding hydrogens is 234 g/mol.